The number of anilines is 1. The third kappa shape index (κ3) is 15.5. The summed E-state index contributed by atoms with van der Waals surface area (Å²) < 4.78 is 22.7. The van der Waals surface area contributed by atoms with Crippen molar-refractivity contribution in [3.05, 3.63) is 88.0 Å². The summed E-state index contributed by atoms with van der Waals surface area (Å²) in [5.74, 6) is 1.27. The molecule has 6 aromatic heterocycles. The predicted molar refractivity (Wildman–Crippen MR) is 249 cm³/mol. The van der Waals surface area contributed by atoms with E-state index in [9.17, 15) is 15.0 Å². The monoisotopic (exact) mass is 1230 g/mol. The molecule has 26 heteroatoms. The quantitative estimate of drug-likeness (QED) is 0.0610. The van der Waals surface area contributed by atoms with Crippen molar-refractivity contribution < 1.29 is 38.9 Å². The van der Waals surface area contributed by atoms with Crippen molar-refractivity contribution in [2.75, 3.05) is 5.73 Å². The summed E-state index contributed by atoms with van der Waals surface area (Å²) in [6, 6.07) is 0. The third-order valence-electron chi connectivity index (χ3n) is 8.07. The predicted octanol–water partition coefficient (Wildman–Crippen LogP) is 6.25. The van der Waals surface area contributed by atoms with Gasteiger partial charge < -0.3 is 34.9 Å². The maximum atomic E-state index is 10.8. The number of ether oxygens (including phenoxy) is 4. The van der Waals surface area contributed by atoms with Crippen LogP contribution in [0.3, 0.4) is 0 Å². The van der Waals surface area contributed by atoms with Gasteiger partial charge in [-0.05, 0) is 20.8 Å². The Hall–Kier alpha value is -4.27. The number of aliphatic hydroxyl groups is 1. The number of aldehydes is 1. The summed E-state index contributed by atoms with van der Waals surface area (Å²) in [7, 11) is 0. The number of aliphatic imine (C=N–C) groups is 2. The standard InChI is InChI=1S/C13H15N5O2.C11H13NO3.C10H11N5O2.C2H4N4.3HI.V/c1-8-11-10(6-19-13(2,3)20-11)9(4-14-8)5-15-12-16-7-17-18-12;1-7-10-9(8(5-13)4-12-7)6-14-11(2,3)15-10;1-6-9(17)8(4-16)7(2-11-6)3-12-10-13-5-14-15-10;3-2-4-1-5-6-2;;;;/h4-5,7H,6H2,1-3H3,(H,16,17,18);4-5H,6H2,1-3H3;2-3,5,16-17H,4H2,1H3,(H,13,14,15);1H,(H3,3,4,5,6);3*1H;/q;;;;;;;+3/p-3. The van der Waals surface area contributed by atoms with E-state index in [2.05, 4.69) is 130 Å². The summed E-state index contributed by atoms with van der Waals surface area (Å²) in [5.41, 5.74) is 11.2. The molecule has 0 aromatic carbocycles. The number of pyridine rings is 3. The summed E-state index contributed by atoms with van der Waals surface area (Å²) in [6.45, 7) is 13.4. The molecule has 0 aliphatic carbocycles. The number of aliphatic hydroxyl groups excluding tert-OH is 1. The molecular formula is C36H43I3N15O7V. The van der Waals surface area contributed by atoms with Crippen molar-refractivity contribution in [3.8, 4) is 17.2 Å². The van der Waals surface area contributed by atoms with Gasteiger partial charge in [0.05, 0.1) is 36.9 Å². The zero-order valence-electron chi connectivity index (χ0n) is 34.3. The van der Waals surface area contributed by atoms with Crippen LogP contribution in [0.5, 0.6) is 17.2 Å². The van der Waals surface area contributed by atoms with Gasteiger partial charge in [0.25, 0.3) is 0 Å². The molecule has 0 atom stereocenters. The molecule has 8 rings (SSSR count). The molecule has 0 fully saturated rings. The second-order valence-electron chi connectivity index (χ2n) is 13.4. The molecular weight excluding hydrogens is 1190 g/mol. The molecule has 2 aliphatic heterocycles. The SMILES string of the molecule is Cc1ncc(C=Nc2ncn[nH]2)c(CO)c1O.Cc1ncc(C=Nc2ncn[nH]2)c2c1OC(C)(C)OC2.Cc1ncc(C=O)c2c1OC(C)(C)OC2.Nc1ncn[nH]1.[I][V]([I])[I]. The van der Waals surface area contributed by atoms with Gasteiger partial charge >= 0.3 is 64.9 Å². The fourth-order valence-corrected chi connectivity index (χ4v) is 5.07. The fourth-order valence-electron chi connectivity index (χ4n) is 5.07. The first kappa shape index (κ1) is 50.4. The number of carbonyl (C=O) groups excluding carboxylic acids is 1. The number of nitrogens with zero attached hydrogens (tertiary/aromatic N) is 11. The first-order chi connectivity index (χ1) is 29.4. The van der Waals surface area contributed by atoms with Gasteiger partial charge in [-0.1, -0.05) is 0 Å². The molecule has 0 unspecified atom stereocenters. The zero-order valence-corrected chi connectivity index (χ0v) is 42.2. The number of aromatic hydroxyl groups is 1. The Bertz CT molecular complexity index is 2400. The summed E-state index contributed by atoms with van der Waals surface area (Å²) in [6.07, 6.45) is 12.8. The number of nitrogens with two attached hydrogens (primary N) is 1. The zero-order chi connectivity index (χ0) is 45.5. The van der Waals surface area contributed by atoms with E-state index in [4.69, 9.17) is 24.7 Å². The van der Waals surface area contributed by atoms with E-state index in [-0.39, 0.29) is 17.3 Å². The number of carbonyl (C=O) groups is 1. The van der Waals surface area contributed by atoms with Crippen molar-refractivity contribution in [3.63, 3.8) is 0 Å². The van der Waals surface area contributed by atoms with E-state index in [1.807, 2.05) is 41.5 Å². The molecule has 330 valence electrons. The molecule has 0 spiro atoms. The van der Waals surface area contributed by atoms with Crippen molar-refractivity contribution in [2.24, 2.45) is 9.98 Å². The number of aromatic amines is 3. The van der Waals surface area contributed by atoms with E-state index in [0.29, 0.717) is 59.2 Å². The van der Waals surface area contributed by atoms with E-state index >= 15 is 0 Å². The number of H-pyrrole nitrogens is 3. The number of halogens is 3. The second kappa shape index (κ2) is 24.0. The minimum absolute atomic E-state index is 0.0194. The number of nitrogen functional groups attached to an aromatic ring is 1. The van der Waals surface area contributed by atoms with Crippen LogP contribution in [-0.4, -0.2) is 101 Å². The third-order valence-corrected chi connectivity index (χ3v) is 8.07. The van der Waals surface area contributed by atoms with E-state index < -0.39 is 11.6 Å². The molecule has 2 aliphatic rings. The van der Waals surface area contributed by atoms with E-state index in [0.717, 1.165) is 40.1 Å². The number of aryl methyl sites for hydroxylation is 3. The Kier molecular flexibility index (Phi) is 19.5. The van der Waals surface area contributed by atoms with Crippen LogP contribution in [0.4, 0.5) is 17.8 Å². The van der Waals surface area contributed by atoms with Crippen molar-refractivity contribution in [1.29, 1.82) is 0 Å². The first-order valence-electron chi connectivity index (χ1n) is 18.0. The number of hydrogen-bond acceptors (Lipinski definition) is 19. The number of rotatable bonds is 6. The number of fused-ring (bicyclic) bond motifs is 2. The molecule has 0 saturated carbocycles. The topological polar surface area (TPSA) is 309 Å². The average molecular weight is 1230 g/mol. The molecule has 7 N–H and O–H groups in total. The summed E-state index contributed by atoms with van der Waals surface area (Å²) in [4.78, 5) is 42.5. The minimum atomic E-state index is -0.652. The van der Waals surface area contributed by atoms with Crippen LogP contribution >= 0.6 is 59.9 Å². The average Bonchev–Trinajstić information content (AvgIpc) is 4.05. The van der Waals surface area contributed by atoms with Crippen molar-refractivity contribution in [1.82, 2.24) is 60.5 Å². The van der Waals surface area contributed by atoms with Gasteiger partial charge in [-0.15, -0.1) is 0 Å². The van der Waals surface area contributed by atoms with Gasteiger partial charge in [0.2, 0.25) is 29.4 Å². The van der Waals surface area contributed by atoms with E-state index in [1.165, 1.54) is 31.4 Å². The maximum absolute atomic E-state index is 10.8. The Balaban J connectivity index is 0.000000185. The Morgan fingerprint density at radius 1 is 0.726 bits per heavy atom. The molecule has 62 heavy (non-hydrogen) atoms. The van der Waals surface area contributed by atoms with Crippen LogP contribution < -0.4 is 15.2 Å². The van der Waals surface area contributed by atoms with Gasteiger partial charge in [-0.25, -0.2) is 30.3 Å². The van der Waals surface area contributed by atoms with Gasteiger partial charge in [-0.3, -0.25) is 19.7 Å². The molecule has 0 saturated heterocycles. The molecule has 0 amide bonds. The molecule has 0 radical (unpaired) electrons. The van der Waals surface area contributed by atoms with Crippen molar-refractivity contribution in [2.45, 2.75) is 79.9 Å². The van der Waals surface area contributed by atoms with Gasteiger partial charge in [0.1, 0.15) is 24.7 Å². The van der Waals surface area contributed by atoms with Crippen LogP contribution in [0.25, 0.3) is 0 Å². The van der Waals surface area contributed by atoms with Crippen LogP contribution in [0.1, 0.15) is 83.0 Å². The number of aromatic nitrogens is 12. The van der Waals surface area contributed by atoms with Crippen LogP contribution in [0.15, 0.2) is 47.6 Å². The van der Waals surface area contributed by atoms with Crippen molar-refractivity contribution >= 4 is 96.5 Å². The van der Waals surface area contributed by atoms with Gasteiger partial charge in [-0.2, -0.15) is 25.3 Å². The molecule has 6 aromatic rings. The number of nitrogens with one attached hydrogen (secondary N) is 3. The first-order valence-corrected chi connectivity index (χ1v) is 31.5. The Morgan fingerprint density at radius 2 is 1.16 bits per heavy atom. The summed E-state index contributed by atoms with van der Waals surface area (Å²) >= 11 is 7.39. The summed E-state index contributed by atoms with van der Waals surface area (Å²) in [5, 5.41) is 37.4. The van der Waals surface area contributed by atoms with Crippen LogP contribution in [0.2, 0.25) is 0 Å². The number of hydrogen-bond donors (Lipinski definition) is 6. The fraction of sp³-hybridized carbons (Fsp3) is 0.333. The van der Waals surface area contributed by atoms with Gasteiger partial charge in [0.15, 0.2) is 17.8 Å². The van der Waals surface area contributed by atoms with Crippen LogP contribution in [0, 0.1) is 20.8 Å². The Labute approximate surface area is 393 Å². The second-order valence-corrected chi connectivity index (χ2v) is 48.8. The normalized spacial score (nSPS) is 14.3. The van der Waals surface area contributed by atoms with Crippen LogP contribution in [-0.2, 0) is 34.2 Å². The molecule has 0 bridgehead atoms. The molecule has 8 heterocycles. The van der Waals surface area contributed by atoms with E-state index in [1.54, 1.807) is 25.5 Å². The molecule has 22 nitrogen and oxygen atoms in total. The van der Waals surface area contributed by atoms with Gasteiger partial charge in [0, 0.05) is 92.1 Å². The Morgan fingerprint density at radius 3 is 1.58 bits per heavy atom.